The number of hydrogen-bond donors (Lipinski definition) is 0. The second-order valence-electron chi connectivity index (χ2n) is 45.5. The van der Waals surface area contributed by atoms with Crippen LogP contribution in [0.5, 0.6) is 0 Å². The van der Waals surface area contributed by atoms with E-state index in [4.69, 9.17) is 0 Å². The van der Waals surface area contributed by atoms with Gasteiger partial charge in [-0.2, -0.15) is 0 Å². The number of fused-ring (bicyclic) bond motifs is 4. The second-order valence-corrected chi connectivity index (χ2v) is 81.0. The fraction of sp³-hybridized carbons (Fsp3) is 0.680. The number of carbonyl (C=O) groups excluding carboxylic acids is 4. The Hall–Kier alpha value is -2.55. The van der Waals surface area contributed by atoms with Gasteiger partial charge in [-0.3, -0.25) is 19.2 Å². The van der Waals surface area contributed by atoms with Crippen molar-refractivity contribution >= 4 is 240 Å². The van der Waals surface area contributed by atoms with Crippen LogP contribution in [0, 0.1) is 44.9 Å². The van der Waals surface area contributed by atoms with E-state index in [1.54, 1.807) is 60.5 Å². The number of halogens is 2. The normalized spacial score (nSPS) is 14.7. The Morgan fingerprint density at radius 2 is 0.503 bits per heavy atom. The van der Waals surface area contributed by atoms with Gasteiger partial charge in [0.2, 0.25) is 0 Å². The molecular weight excluding hydrogens is 2320 g/mol. The number of unbranched alkanes of at least 4 members (excludes halogenated alkanes) is 48. The Morgan fingerprint density at radius 1 is 0.262 bits per heavy atom. The Balaban J connectivity index is 0.000000315. The first-order valence-corrected chi connectivity index (χ1v) is 85.5. The summed E-state index contributed by atoms with van der Waals surface area (Å²) in [6.07, 6.45) is 81.9. The Kier molecular flexibility index (Phi) is 65.4. The Bertz CT molecular complexity index is 5070. The van der Waals surface area contributed by atoms with Gasteiger partial charge in [-0.25, -0.2) is 0 Å². The first-order valence-electron chi connectivity index (χ1n) is 60.3. The number of amides is 4. The van der Waals surface area contributed by atoms with Gasteiger partial charge in [0.05, 0.1) is 72.2 Å². The van der Waals surface area contributed by atoms with Crippen molar-refractivity contribution in [2.45, 2.75) is 505 Å². The molecule has 0 N–H and O–H groups in total. The van der Waals surface area contributed by atoms with E-state index in [2.05, 4.69) is 241 Å². The van der Waals surface area contributed by atoms with E-state index in [1.807, 2.05) is 22.7 Å². The molecule has 0 saturated heterocycles. The van der Waals surface area contributed by atoms with Gasteiger partial charge in [0.25, 0.3) is 23.6 Å². The van der Waals surface area contributed by atoms with Crippen LogP contribution >= 0.6 is 123 Å². The van der Waals surface area contributed by atoms with Crippen molar-refractivity contribution in [1.82, 2.24) is 19.6 Å². The molecule has 12 heterocycles. The number of nitrogens with zero attached hydrogens (tertiary/aromatic N) is 4. The number of carbonyl (C=O) groups is 4. The Labute approximate surface area is 972 Å². The number of thiophene rings is 8. The number of rotatable bonds is 79. The van der Waals surface area contributed by atoms with Gasteiger partial charge in [-0.15, -0.1) is 68.0 Å². The van der Waals surface area contributed by atoms with E-state index in [9.17, 15) is 0 Å². The summed E-state index contributed by atoms with van der Waals surface area (Å²) in [6, 6.07) is 26.9. The average molecular weight is 2530 g/mol. The third-order valence-corrected chi connectivity index (χ3v) is 57.4. The molecule has 4 unspecified atom stereocenters. The maximum atomic E-state index is 15.7. The SMILES string of the molecule is CCCCCCCCCCC(CCCCCCCC)CN1C(=O)C2=C(c3ccc(-c4cc5sc(C)cc5s4)s3)N(CC(CCCCCCCC)CCCCCCCCCC)C(=O)C2=C1c1ccc(C)s1.CCCCCCCCCCC(CCCCCCCC)CN1C(=O)C2=C(c3ccc(Br)s3)N(CC(CCCCCCCC)CCCCCCCCCC)C(=O)C2=C1c1ccc(Br)s1.[BH4-].[CH3+].[CH3][Sn]([CH3])[c]1cc2s[c]([Sn]([CH3])([CH3])[CH3])cc2s1. The summed E-state index contributed by atoms with van der Waals surface area (Å²) >= 11 is 19.3. The number of hydrogen-bond acceptors (Lipinski definition) is 12. The molecule has 0 aromatic carbocycles. The minimum atomic E-state index is -1.80. The summed E-state index contributed by atoms with van der Waals surface area (Å²) in [5.74, 6) is 1.85. The van der Waals surface area contributed by atoms with E-state index >= 15 is 19.2 Å². The molecule has 4 aliphatic rings. The summed E-state index contributed by atoms with van der Waals surface area (Å²) < 4.78 is 11.3. The van der Waals surface area contributed by atoms with Crippen LogP contribution in [-0.4, -0.2) is 116 Å². The van der Waals surface area contributed by atoms with E-state index in [0.29, 0.717) is 72.1 Å². The van der Waals surface area contributed by atoms with Gasteiger partial charge >= 0.3 is 113 Å². The predicted octanol–water partition coefficient (Wildman–Crippen LogP) is 42.4. The zero-order valence-electron chi connectivity index (χ0n) is 95.8. The van der Waals surface area contributed by atoms with Crippen molar-refractivity contribution in [2.75, 3.05) is 26.2 Å². The van der Waals surface area contributed by atoms with E-state index in [0.717, 1.165) is 101 Å². The molecule has 833 valence electrons. The van der Waals surface area contributed by atoms with Crippen molar-refractivity contribution in [3.05, 3.63) is 139 Å². The van der Waals surface area contributed by atoms with Crippen LogP contribution < -0.4 is 5.79 Å². The zero-order valence-corrected chi connectivity index (χ0v) is 111. The predicted molar refractivity (Wildman–Crippen MR) is 688 cm³/mol. The molecule has 0 bridgehead atoms. The topological polar surface area (TPSA) is 81.2 Å². The first-order chi connectivity index (χ1) is 71.5. The Morgan fingerprint density at radius 3 is 0.752 bits per heavy atom. The number of aryl methyl sites for hydroxylation is 2. The molecule has 12 rings (SSSR count). The molecule has 0 fully saturated rings. The molecule has 8 aromatic rings. The van der Waals surface area contributed by atoms with Crippen LogP contribution in [0.4, 0.5) is 0 Å². The molecule has 4 aliphatic heterocycles. The summed E-state index contributed by atoms with van der Waals surface area (Å²) in [7, 11) is 0. The maximum absolute atomic E-state index is 15.7. The molecule has 0 saturated carbocycles. The first kappa shape index (κ1) is 132. The summed E-state index contributed by atoms with van der Waals surface area (Å²) in [4.78, 5) is 92.1. The zero-order chi connectivity index (χ0) is 105. The van der Waals surface area contributed by atoms with Crippen LogP contribution in [-0.2, 0) is 19.2 Å². The molecule has 0 spiro atoms. The van der Waals surface area contributed by atoms with Crippen molar-refractivity contribution in [1.29, 1.82) is 0 Å². The van der Waals surface area contributed by atoms with Gasteiger partial charge < -0.3 is 19.6 Å². The fourth-order valence-electron chi connectivity index (χ4n) is 22.5. The van der Waals surface area contributed by atoms with Gasteiger partial charge in [0, 0.05) is 62.5 Å². The molecule has 8 aromatic heterocycles. The van der Waals surface area contributed by atoms with Crippen molar-refractivity contribution in [3.8, 4) is 9.75 Å². The van der Waals surface area contributed by atoms with Crippen molar-refractivity contribution < 1.29 is 19.2 Å². The van der Waals surface area contributed by atoms with Crippen LogP contribution in [0.25, 0.3) is 51.3 Å². The molecule has 0 aliphatic carbocycles. The van der Waals surface area contributed by atoms with Crippen LogP contribution in [0.1, 0.15) is 496 Å². The van der Waals surface area contributed by atoms with Gasteiger partial charge in [-0.05, 0) is 181 Å². The van der Waals surface area contributed by atoms with Gasteiger partial charge in [0.15, 0.2) is 0 Å². The molecule has 1 radical (unpaired) electrons. The quantitative estimate of drug-likeness (QED) is 0.0216. The molecule has 149 heavy (non-hydrogen) atoms. The standard InChI is InChI=1S/C62H94N2O2S4.C54H86Br2N2O2S2.C6H2S2.6CH3.BH4.2Sn/c1-7-11-15-19-23-25-29-33-37-49(35-31-27-21-17-13-9-3)45-63-59(52-40-39-47(5)67-52)57-58(62(63)66)60(53-42-41-51(69-53)55-44-56-54(70-55)43-48(6)68-56)64(61(57)65)46-50(36-32-28-22-18-14-10-4)38-34-30-26-24-20-16-12-8-2;1-5-9-13-17-21-23-27-31-35-43(33-29-25-19-15-11-7-3)41-57-51(45-37-39-47(55)61-45)49-50(53(57)59)52(46-38-40-48(56)62-46)58(54(49)60)42-44(34-30-26-20-16-12-8-4)36-32-28-24-22-18-14-10-6-2;1-3-7-6-2-4-8-5(1)6;;;;;;;;;/h39-44,49-50H,7-38,45-46H2,1-6H3;37-40,43-44H,5-36,41-42H2,1-4H3;1-2H;6*1H3;1H4;;/q;;;;;;;;+1;-1;;. The monoisotopic (exact) mass is 2530 g/mol. The second kappa shape index (κ2) is 74.0. The molecule has 4 amide bonds. The van der Waals surface area contributed by atoms with Gasteiger partial charge in [0.1, 0.15) is 0 Å². The van der Waals surface area contributed by atoms with Crippen LogP contribution in [0.2, 0.25) is 24.7 Å². The van der Waals surface area contributed by atoms with Crippen molar-refractivity contribution in [2.24, 2.45) is 23.7 Å². The minimum absolute atomic E-state index is 0. The summed E-state index contributed by atoms with van der Waals surface area (Å²) in [6.45, 7) is 25.5. The van der Waals surface area contributed by atoms with E-state index < -0.39 is 38.1 Å². The fourth-order valence-corrected chi connectivity index (χ4v) is 42.0. The molecule has 4 atom stereocenters. The third kappa shape index (κ3) is 43.1. The van der Waals surface area contributed by atoms with E-state index in [-0.39, 0.29) is 39.5 Å². The summed E-state index contributed by atoms with van der Waals surface area (Å²) in [5.41, 5.74) is 6.18. The van der Waals surface area contributed by atoms with Crippen LogP contribution in [0.15, 0.2) is 103 Å². The molecule has 21 heteroatoms. The molecular formula is C128H204BBr2N4O4S8Sn2. The van der Waals surface area contributed by atoms with Crippen molar-refractivity contribution in [3.63, 3.8) is 0 Å². The van der Waals surface area contributed by atoms with Crippen LogP contribution in [0.3, 0.4) is 0 Å². The third-order valence-electron chi connectivity index (χ3n) is 31.3. The molecule has 8 nitrogen and oxygen atoms in total. The van der Waals surface area contributed by atoms with E-state index in [1.165, 1.54) is 388 Å². The van der Waals surface area contributed by atoms with Gasteiger partial charge in [-0.1, -0.05) is 423 Å². The summed E-state index contributed by atoms with van der Waals surface area (Å²) in [5, 5.41) is 0. The average Bonchev–Trinajstić information content (AvgIpc) is 1.55.